The topological polar surface area (TPSA) is 119 Å². The van der Waals surface area contributed by atoms with E-state index in [1.54, 1.807) is 13.8 Å². The lowest BCUT2D eigenvalue weighted by molar-refractivity contribution is -0.130. The summed E-state index contributed by atoms with van der Waals surface area (Å²) in [6.07, 6.45) is -1.16. The second kappa shape index (κ2) is 6.55. The number of hydrogen-bond donors (Lipinski definition) is 3. The number of carbonyl (C=O) groups excluding carboxylic acids is 3. The highest BCUT2D eigenvalue weighted by Crippen LogP contribution is 2.15. The Kier molecular flexibility index (Phi) is 5.08. The molecule has 0 unspecified atom stereocenters. The molecule has 0 aliphatic carbocycles. The number of benzene rings is 1. The van der Waals surface area contributed by atoms with E-state index in [-0.39, 0.29) is 17.2 Å². The third kappa shape index (κ3) is 4.27. The molecule has 108 valence electrons. The van der Waals surface area contributed by atoms with Gasteiger partial charge in [0, 0.05) is 0 Å². The Balaban J connectivity index is 2.83. The van der Waals surface area contributed by atoms with Crippen LogP contribution in [0, 0.1) is 5.92 Å². The summed E-state index contributed by atoms with van der Waals surface area (Å²) in [6.45, 7) is 3.31. The Morgan fingerprint density at radius 1 is 1.30 bits per heavy atom. The summed E-state index contributed by atoms with van der Waals surface area (Å²) in [5.74, 6) is -2.02. The van der Waals surface area contributed by atoms with Crippen LogP contribution in [0.1, 0.15) is 24.2 Å². The molecule has 1 rings (SSSR count). The molecule has 0 radical (unpaired) electrons. The van der Waals surface area contributed by atoms with Gasteiger partial charge in [-0.25, -0.2) is 9.59 Å². The second-order valence-corrected chi connectivity index (χ2v) is 4.47. The summed E-state index contributed by atoms with van der Waals surface area (Å²) in [5, 5.41) is 11.2. The lowest BCUT2D eigenvalue weighted by atomic mass is 10.1. The van der Waals surface area contributed by atoms with Crippen LogP contribution < -0.4 is 11.1 Å². The summed E-state index contributed by atoms with van der Waals surface area (Å²) < 4.78 is 5.05. The van der Waals surface area contributed by atoms with Crippen LogP contribution in [-0.4, -0.2) is 29.1 Å². The zero-order valence-corrected chi connectivity index (χ0v) is 11.1. The number of amides is 3. The van der Waals surface area contributed by atoms with E-state index in [1.165, 1.54) is 24.3 Å². The molecular formula is C13H16N2O5. The van der Waals surface area contributed by atoms with Crippen molar-refractivity contribution in [1.29, 1.82) is 0 Å². The molecule has 1 aromatic carbocycles. The van der Waals surface area contributed by atoms with E-state index in [1.807, 2.05) is 5.32 Å². The van der Waals surface area contributed by atoms with E-state index in [0.29, 0.717) is 0 Å². The molecule has 7 heteroatoms. The predicted molar refractivity (Wildman–Crippen MR) is 69.9 cm³/mol. The molecule has 0 saturated carbocycles. The first kappa shape index (κ1) is 15.5. The number of nitrogens with two attached hydrogens (primary N) is 1. The van der Waals surface area contributed by atoms with Gasteiger partial charge in [-0.1, -0.05) is 19.9 Å². The third-order valence-electron chi connectivity index (χ3n) is 2.43. The van der Waals surface area contributed by atoms with E-state index in [0.717, 1.165) is 0 Å². The maximum Gasteiger partial charge on any atom is 0.339 e. The Morgan fingerprint density at radius 3 is 2.45 bits per heavy atom. The molecule has 0 heterocycles. The number of hydrogen-bond acceptors (Lipinski definition) is 5. The van der Waals surface area contributed by atoms with Crippen molar-refractivity contribution in [2.75, 3.05) is 0 Å². The number of phenolic OH excluding ortho intramolecular Hbond substituents is 1. The minimum Gasteiger partial charge on any atom is -0.508 e. The van der Waals surface area contributed by atoms with Crippen molar-refractivity contribution in [2.45, 2.75) is 20.0 Å². The summed E-state index contributed by atoms with van der Waals surface area (Å²) in [5.41, 5.74) is 4.95. The average molecular weight is 280 g/mol. The van der Waals surface area contributed by atoms with E-state index in [4.69, 9.17) is 10.5 Å². The maximum absolute atomic E-state index is 11.9. The van der Waals surface area contributed by atoms with Crippen molar-refractivity contribution in [3.05, 3.63) is 29.8 Å². The molecular weight excluding hydrogens is 264 g/mol. The Morgan fingerprint density at radius 2 is 1.95 bits per heavy atom. The summed E-state index contributed by atoms with van der Waals surface area (Å²) in [7, 11) is 0. The highest BCUT2D eigenvalue weighted by Gasteiger charge is 2.27. The van der Waals surface area contributed by atoms with Gasteiger partial charge in [-0.3, -0.25) is 10.1 Å². The van der Waals surface area contributed by atoms with Gasteiger partial charge in [0.05, 0.1) is 5.56 Å². The standard InChI is InChI=1S/C13H16N2O5/c1-7(2)10(11(17)15-13(14)19)20-12(18)8-4-3-5-9(16)6-8/h3-7,10,16H,1-2H3,(H3,14,15,17,19)/t10-/m1/s1. The number of phenols is 1. The fourth-order valence-corrected chi connectivity index (χ4v) is 1.50. The molecule has 0 fully saturated rings. The Labute approximate surface area is 115 Å². The van der Waals surface area contributed by atoms with Crippen LogP contribution in [0.2, 0.25) is 0 Å². The first-order valence-corrected chi connectivity index (χ1v) is 5.91. The van der Waals surface area contributed by atoms with Gasteiger partial charge in [0.1, 0.15) is 5.75 Å². The van der Waals surface area contributed by atoms with Gasteiger partial charge in [0.15, 0.2) is 6.10 Å². The second-order valence-electron chi connectivity index (χ2n) is 4.47. The molecule has 0 aliphatic heterocycles. The number of nitrogens with one attached hydrogen (secondary N) is 1. The highest BCUT2D eigenvalue weighted by molar-refractivity contribution is 5.98. The number of urea groups is 1. The van der Waals surface area contributed by atoms with E-state index in [2.05, 4.69) is 0 Å². The highest BCUT2D eigenvalue weighted by atomic mass is 16.5. The smallest absolute Gasteiger partial charge is 0.339 e. The minimum atomic E-state index is -1.16. The number of rotatable bonds is 4. The molecule has 0 bridgehead atoms. The number of imide groups is 1. The molecule has 20 heavy (non-hydrogen) atoms. The Bertz CT molecular complexity index is 527. The Hall–Kier alpha value is -2.57. The molecule has 4 N–H and O–H groups in total. The van der Waals surface area contributed by atoms with Gasteiger partial charge in [-0.2, -0.15) is 0 Å². The van der Waals surface area contributed by atoms with Crippen LogP contribution in [0.15, 0.2) is 24.3 Å². The van der Waals surface area contributed by atoms with Gasteiger partial charge < -0.3 is 15.6 Å². The normalized spacial score (nSPS) is 11.8. The van der Waals surface area contributed by atoms with Crippen LogP contribution in [0.5, 0.6) is 5.75 Å². The van der Waals surface area contributed by atoms with Crippen LogP contribution >= 0.6 is 0 Å². The molecule has 0 spiro atoms. The van der Waals surface area contributed by atoms with Gasteiger partial charge in [0.25, 0.3) is 5.91 Å². The molecule has 0 aliphatic rings. The van der Waals surface area contributed by atoms with Gasteiger partial charge in [0.2, 0.25) is 0 Å². The average Bonchev–Trinajstić information content (AvgIpc) is 2.34. The first-order valence-electron chi connectivity index (χ1n) is 5.91. The fourth-order valence-electron chi connectivity index (χ4n) is 1.50. The summed E-state index contributed by atoms with van der Waals surface area (Å²) in [6, 6.07) is 4.50. The monoisotopic (exact) mass is 280 g/mol. The van der Waals surface area contributed by atoms with E-state index < -0.39 is 24.0 Å². The largest absolute Gasteiger partial charge is 0.508 e. The third-order valence-corrected chi connectivity index (χ3v) is 2.43. The van der Waals surface area contributed by atoms with E-state index >= 15 is 0 Å². The fraction of sp³-hybridized carbons (Fsp3) is 0.308. The summed E-state index contributed by atoms with van der Waals surface area (Å²) in [4.78, 5) is 34.2. The van der Waals surface area contributed by atoms with Crippen molar-refractivity contribution in [3.63, 3.8) is 0 Å². The van der Waals surface area contributed by atoms with Crippen molar-refractivity contribution >= 4 is 17.9 Å². The molecule has 1 atom stereocenters. The quantitative estimate of drug-likeness (QED) is 0.704. The van der Waals surface area contributed by atoms with Crippen molar-refractivity contribution in [1.82, 2.24) is 5.32 Å². The number of aromatic hydroxyl groups is 1. The van der Waals surface area contributed by atoms with E-state index in [9.17, 15) is 19.5 Å². The van der Waals surface area contributed by atoms with Gasteiger partial charge >= 0.3 is 12.0 Å². The number of carbonyl (C=O) groups is 3. The zero-order chi connectivity index (χ0) is 15.3. The molecule has 0 aromatic heterocycles. The summed E-state index contributed by atoms with van der Waals surface area (Å²) >= 11 is 0. The molecule has 7 nitrogen and oxygen atoms in total. The van der Waals surface area contributed by atoms with Crippen LogP contribution in [0.25, 0.3) is 0 Å². The SMILES string of the molecule is CC(C)[C@@H](OC(=O)c1cccc(O)c1)C(=O)NC(N)=O. The van der Waals surface area contributed by atoms with Crippen LogP contribution in [-0.2, 0) is 9.53 Å². The predicted octanol–water partition coefficient (Wildman–Crippen LogP) is 0.768. The lowest BCUT2D eigenvalue weighted by Crippen LogP contribution is -2.45. The molecule has 0 saturated heterocycles. The van der Waals surface area contributed by atoms with Crippen LogP contribution in [0.3, 0.4) is 0 Å². The first-order chi connectivity index (χ1) is 9.31. The minimum absolute atomic E-state index is 0.0952. The van der Waals surface area contributed by atoms with Gasteiger partial charge in [-0.05, 0) is 24.1 Å². The molecule has 1 aromatic rings. The lowest BCUT2D eigenvalue weighted by Gasteiger charge is -2.19. The van der Waals surface area contributed by atoms with Crippen LogP contribution in [0.4, 0.5) is 4.79 Å². The zero-order valence-electron chi connectivity index (χ0n) is 11.1. The maximum atomic E-state index is 11.9. The number of esters is 1. The van der Waals surface area contributed by atoms with Crippen molar-refractivity contribution in [2.24, 2.45) is 11.7 Å². The van der Waals surface area contributed by atoms with Crippen molar-refractivity contribution in [3.8, 4) is 5.75 Å². The number of ether oxygens (including phenoxy) is 1. The van der Waals surface area contributed by atoms with Crippen molar-refractivity contribution < 1.29 is 24.2 Å². The van der Waals surface area contributed by atoms with Gasteiger partial charge in [-0.15, -0.1) is 0 Å². The molecule has 3 amide bonds. The number of primary amides is 1.